The number of terminal acetylenes is 1. The minimum absolute atomic E-state index is 0.328. The minimum Gasteiger partial charge on any atom is -0.458 e. The van der Waals surface area contributed by atoms with Gasteiger partial charge in [0.25, 0.3) is 0 Å². The van der Waals surface area contributed by atoms with Crippen molar-refractivity contribution in [3.05, 3.63) is 11.9 Å². The van der Waals surface area contributed by atoms with E-state index in [0.717, 1.165) is 13.0 Å². The van der Waals surface area contributed by atoms with Gasteiger partial charge in [-0.1, -0.05) is 12.8 Å². The Labute approximate surface area is 114 Å². The number of hydrogen-bond acceptors (Lipinski definition) is 5. The normalized spacial score (nSPS) is 10.9. The summed E-state index contributed by atoms with van der Waals surface area (Å²) in [5.41, 5.74) is -0.708. The van der Waals surface area contributed by atoms with Crippen LogP contribution in [0.2, 0.25) is 0 Å². The molecule has 104 valence electrons. The zero-order chi connectivity index (χ0) is 14.3. The highest BCUT2D eigenvalue weighted by Gasteiger charge is 2.17. The van der Waals surface area contributed by atoms with Gasteiger partial charge in [-0.2, -0.15) is 4.98 Å². The van der Waals surface area contributed by atoms with E-state index in [1.807, 2.05) is 13.8 Å². The minimum atomic E-state index is -0.708. The fourth-order valence-electron chi connectivity index (χ4n) is 1.35. The summed E-state index contributed by atoms with van der Waals surface area (Å²) in [5.74, 6) is 4.29. The zero-order valence-electron chi connectivity index (χ0n) is 12.0. The third-order valence-corrected chi connectivity index (χ3v) is 2.29. The van der Waals surface area contributed by atoms with E-state index in [1.165, 1.54) is 0 Å². The third kappa shape index (κ3) is 5.14. The second-order valence-electron chi connectivity index (χ2n) is 4.62. The van der Waals surface area contributed by atoms with Crippen molar-refractivity contribution in [2.45, 2.75) is 39.4 Å². The van der Waals surface area contributed by atoms with Gasteiger partial charge in [0.2, 0.25) is 5.88 Å². The van der Waals surface area contributed by atoms with Gasteiger partial charge < -0.3 is 14.8 Å². The summed E-state index contributed by atoms with van der Waals surface area (Å²) >= 11 is 0. The predicted molar refractivity (Wildman–Crippen MR) is 75.1 cm³/mol. The molecule has 5 nitrogen and oxygen atoms in total. The lowest BCUT2D eigenvalue weighted by Crippen LogP contribution is -2.26. The maximum atomic E-state index is 5.68. The Morgan fingerprint density at radius 2 is 2.16 bits per heavy atom. The van der Waals surface area contributed by atoms with Gasteiger partial charge in [-0.3, -0.25) is 0 Å². The van der Waals surface area contributed by atoms with Crippen LogP contribution in [0.3, 0.4) is 0 Å². The molecule has 0 aromatic carbocycles. The highest BCUT2D eigenvalue weighted by Crippen LogP contribution is 2.19. The van der Waals surface area contributed by atoms with E-state index in [0.29, 0.717) is 24.1 Å². The maximum Gasteiger partial charge on any atom is 0.220 e. The van der Waals surface area contributed by atoms with Gasteiger partial charge >= 0.3 is 0 Å². The largest absolute Gasteiger partial charge is 0.458 e. The van der Waals surface area contributed by atoms with Crippen LogP contribution in [0.1, 0.15) is 33.0 Å². The van der Waals surface area contributed by atoms with Gasteiger partial charge in [0, 0.05) is 19.7 Å². The van der Waals surface area contributed by atoms with Crippen LogP contribution in [0.4, 0.5) is 5.82 Å². The fourth-order valence-corrected chi connectivity index (χ4v) is 1.35. The van der Waals surface area contributed by atoms with Crippen LogP contribution >= 0.6 is 0 Å². The first-order valence-electron chi connectivity index (χ1n) is 6.28. The maximum absolute atomic E-state index is 5.68. The van der Waals surface area contributed by atoms with Crippen LogP contribution in [0.15, 0.2) is 6.07 Å². The Kier molecular flexibility index (Phi) is 5.58. The van der Waals surface area contributed by atoms with Gasteiger partial charge in [-0.05, 0) is 20.3 Å². The zero-order valence-corrected chi connectivity index (χ0v) is 12.0. The average Bonchev–Trinajstić information content (AvgIpc) is 2.36. The smallest absolute Gasteiger partial charge is 0.220 e. The summed E-state index contributed by atoms with van der Waals surface area (Å²) in [6.07, 6.45) is 6.42. The van der Waals surface area contributed by atoms with E-state index in [1.54, 1.807) is 13.2 Å². The molecular formula is C14H21N3O2. The van der Waals surface area contributed by atoms with Crippen molar-refractivity contribution in [1.82, 2.24) is 9.97 Å². The van der Waals surface area contributed by atoms with E-state index in [9.17, 15) is 0 Å². The highest BCUT2D eigenvalue weighted by molar-refractivity contribution is 5.38. The molecule has 1 rings (SSSR count). The molecule has 0 unspecified atom stereocenters. The van der Waals surface area contributed by atoms with Crippen molar-refractivity contribution < 1.29 is 9.47 Å². The molecule has 0 bridgehead atoms. The Morgan fingerprint density at radius 3 is 2.74 bits per heavy atom. The number of nitrogens with one attached hydrogen (secondary N) is 1. The SMILES string of the molecule is C#CC(C)(C)Oc1cc(NCCC)nc(COC)n1. The molecule has 1 aromatic heterocycles. The fraction of sp³-hybridized carbons (Fsp3) is 0.571. The van der Waals surface area contributed by atoms with E-state index in [-0.39, 0.29) is 0 Å². The quantitative estimate of drug-likeness (QED) is 0.765. The molecule has 0 saturated heterocycles. The molecule has 0 amide bonds. The first-order chi connectivity index (χ1) is 9.00. The van der Waals surface area contributed by atoms with Gasteiger partial charge in [-0.15, -0.1) is 6.42 Å². The molecular weight excluding hydrogens is 242 g/mol. The molecule has 0 radical (unpaired) electrons. The predicted octanol–water partition coefficient (Wildman–Crippen LogP) is 2.24. The molecule has 1 N–H and O–H groups in total. The molecule has 19 heavy (non-hydrogen) atoms. The lowest BCUT2D eigenvalue weighted by Gasteiger charge is -2.20. The number of nitrogens with zero attached hydrogens (tertiary/aromatic N) is 2. The Hall–Kier alpha value is -1.80. The molecule has 0 atom stereocenters. The van der Waals surface area contributed by atoms with Crippen LogP contribution < -0.4 is 10.1 Å². The number of hydrogen-bond donors (Lipinski definition) is 1. The summed E-state index contributed by atoms with van der Waals surface area (Å²) in [7, 11) is 1.60. The lowest BCUT2D eigenvalue weighted by molar-refractivity contribution is 0.156. The standard InChI is InChI=1S/C14H21N3O2/c1-6-8-15-11-9-13(19-14(3,4)7-2)17-12(16-11)10-18-5/h2,9H,6,8,10H2,1,3-5H3,(H,15,16,17). The number of aromatic nitrogens is 2. The van der Waals surface area contributed by atoms with Gasteiger partial charge in [-0.25, -0.2) is 4.98 Å². The van der Waals surface area contributed by atoms with E-state index in [4.69, 9.17) is 15.9 Å². The second-order valence-corrected chi connectivity index (χ2v) is 4.62. The summed E-state index contributed by atoms with van der Waals surface area (Å²) in [6.45, 7) is 6.87. The van der Waals surface area contributed by atoms with Crippen molar-refractivity contribution in [3.63, 3.8) is 0 Å². The summed E-state index contributed by atoms with van der Waals surface area (Å²) in [5, 5.41) is 3.20. The number of rotatable bonds is 7. The molecule has 0 aliphatic heterocycles. The van der Waals surface area contributed by atoms with Gasteiger partial charge in [0.05, 0.1) is 0 Å². The molecule has 0 fully saturated rings. The molecule has 5 heteroatoms. The molecule has 0 aliphatic rings. The Bertz CT molecular complexity index is 452. The third-order valence-electron chi connectivity index (χ3n) is 2.29. The van der Waals surface area contributed by atoms with E-state index < -0.39 is 5.60 Å². The monoisotopic (exact) mass is 263 g/mol. The van der Waals surface area contributed by atoms with Crippen LogP contribution in [0.5, 0.6) is 5.88 Å². The summed E-state index contributed by atoms with van der Waals surface area (Å²) in [6, 6.07) is 1.74. The number of ether oxygens (including phenoxy) is 2. The molecule has 1 heterocycles. The number of methoxy groups -OCH3 is 1. The van der Waals surface area contributed by atoms with Gasteiger partial charge in [0.15, 0.2) is 11.4 Å². The molecule has 0 spiro atoms. The average molecular weight is 263 g/mol. The van der Waals surface area contributed by atoms with E-state index in [2.05, 4.69) is 28.1 Å². The lowest BCUT2D eigenvalue weighted by atomic mass is 10.1. The van der Waals surface area contributed by atoms with Crippen molar-refractivity contribution in [1.29, 1.82) is 0 Å². The number of anilines is 1. The van der Waals surface area contributed by atoms with Crippen molar-refractivity contribution in [3.8, 4) is 18.2 Å². The van der Waals surface area contributed by atoms with Gasteiger partial charge in [0.1, 0.15) is 12.4 Å². The highest BCUT2D eigenvalue weighted by atomic mass is 16.5. The van der Waals surface area contributed by atoms with E-state index >= 15 is 0 Å². The Morgan fingerprint density at radius 1 is 1.42 bits per heavy atom. The van der Waals surface area contributed by atoms with Crippen LogP contribution in [0.25, 0.3) is 0 Å². The molecule has 0 aliphatic carbocycles. The second kappa shape index (κ2) is 6.95. The first-order valence-corrected chi connectivity index (χ1v) is 6.28. The van der Waals surface area contributed by atoms with Crippen molar-refractivity contribution >= 4 is 5.82 Å². The summed E-state index contributed by atoms with van der Waals surface area (Å²) in [4.78, 5) is 8.61. The summed E-state index contributed by atoms with van der Waals surface area (Å²) < 4.78 is 10.7. The Balaban J connectivity index is 2.96. The first kappa shape index (κ1) is 15.3. The molecule has 1 aromatic rings. The topological polar surface area (TPSA) is 56.3 Å². The van der Waals surface area contributed by atoms with Crippen LogP contribution in [0, 0.1) is 12.3 Å². The van der Waals surface area contributed by atoms with Crippen molar-refractivity contribution in [2.75, 3.05) is 19.0 Å². The van der Waals surface area contributed by atoms with Crippen molar-refractivity contribution in [2.24, 2.45) is 0 Å². The van der Waals surface area contributed by atoms with Crippen LogP contribution in [-0.2, 0) is 11.3 Å². The van der Waals surface area contributed by atoms with Crippen LogP contribution in [-0.4, -0.2) is 29.2 Å². The molecule has 0 saturated carbocycles.